The monoisotopic (exact) mass is 264 g/mol. The minimum absolute atomic E-state index is 0.190. The van der Waals surface area contributed by atoms with Gasteiger partial charge in [0.05, 0.1) is 11.8 Å². The molecule has 1 aliphatic carbocycles. The standard InChI is InChI=1S/C16H28N2O/c1-3-14-11-15(18(4-2)17-14)12-16(19)13-9-7-5-6-8-10-13/h11,13,16,19H,3-10,12H2,1-2H3. The zero-order valence-electron chi connectivity index (χ0n) is 12.4. The van der Waals surface area contributed by atoms with Crippen molar-refractivity contribution in [2.24, 2.45) is 5.92 Å². The van der Waals surface area contributed by atoms with Crippen LogP contribution < -0.4 is 0 Å². The van der Waals surface area contributed by atoms with Gasteiger partial charge in [0.15, 0.2) is 0 Å². The first-order valence-corrected chi connectivity index (χ1v) is 7.98. The summed E-state index contributed by atoms with van der Waals surface area (Å²) in [5.41, 5.74) is 2.35. The minimum Gasteiger partial charge on any atom is -0.392 e. The molecule has 1 aromatic rings. The Morgan fingerprint density at radius 3 is 2.53 bits per heavy atom. The molecule has 19 heavy (non-hydrogen) atoms. The van der Waals surface area contributed by atoms with Crippen molar-refractivity contribution in [3.63, 3.8) is 0 Å². The summed E-state index contributed by atoms with van der Waals surface area (Å²) in [6.45, 7) is 5.15. The minimum atomic E-state index is -0.190. The van der Waals surface area contributed by atoms with E-state index in [1.54, 1.807) is 0 Å². The molecule has 2 rings (SSSR count). The molecule has 0 spiro atoms. The molecule has 108 valence electrons. The molecule has 0 aromatic carbocycles. The van der Waals surface area contributed by atoms with Gasteiger partial charge in [0.1, 0.15) is 0 Å². The van der Waals surface area contributed by atoms with Crippen LogP contribution in [0.25, 0.3) is 0 Å². The van der Waals surface area contributed by atoms with Crippen molar-refractivity contribution in [3.05, 3.63) is 17.5 Å². The Balaban J connectivity index is 2.00. The first-order chi connectivity index (χ1) is 9.24. The fourth-order valence-electron chi connectivity index (χ4n) is 3.20. The van der Waals surface area contributed by atoms with Crippen LogP contribution in [0.15, 0.2) is 6.07 Å². The van der Waals surface area contributed by atoms with E-state index < -0.39 is 0 Å². The molecule has 3 heteroatoms. The van der Waals surface area contributed by atoms with E-state index in [1.807, 2.05) is 0 Å². The molecule has 1 unspecified atom stereocenters. The summed E-state index contributed by atoms with van der Waals surface area (Å²) in [4.78, 5) is 0. The van der Waals surface area contributed by atoms with Crippen LogP contribution in [0.4, 0.5) is 0 Å². The molecule has 1 heterocycles. The van der Waals surface area contributed by atoms with E-state index >= 15 is 0 Å². The second-order valence-corrected chi connectivity index (χ2v) is 5.82. The van der Waals surface area contributed by atoms with E-state index in [9.17, 15) is 5.11 Å². The first-order valence-electron chi connectivity index (χ1n) is 7.98. The first kappa shape index (κ1) is 14.6. The summed E-state index contributed by atoms with van der Waals surface area (Å²) in [7, 11) is 0. The molecule has 3 nitrogen and oxygen atoms in total. The fourth-order valence-corrected chi connectivity index (χ4v) is 3.20. The van der Waals surface area contributed by atoms with E-state index in [1.165, 1.54) is 44.2 Å². The van der Waals surface area contributed by atoms with Crippen molar-refractivity contribution in [1.29, 1.82) is 0 Å². The largest absolute Gasteiger partial charge is 0.392 e. The normalized spacial score (nSPS) is 19.3. The summed E-state index contributed by atoms with van der Waals surface area (Å²) in [5.74, 6) is 0.493. The zero-order chi connectivity index (χ0) is 13.7. The maximum atomic E-state index is 10.5. The van der Waals surface area contributed by atoms with Crippen molar-refractivity contribution >= 4 is 0 Å². The molecule has 0 saturated heterocycles. The summed E-state index contributed by atoms with van der Waals surface area (Å²) >= 11 is 0. The van der Waals surface area contributed by atoms with E-state index in [0.29, 0.717) is 5.92 Å². The molecular weight excluding hydrogens is 236 g/mol. The Labute approximate surface area is 117 Å². The van der Waals surface area contributed by atoms with Crippen LogP contribution in [0.3, 0.4) is 0 Å². The van der Waals surface area contributed by atoms with Crippen LogP contribution in [-0.2, 0) is 19.4 Å². The van der Waals surface area contributed by atoms with Crippen LogP contribution in [0.5, 0.6) is 0 Å². The van der Waals surface area contributed by atoms with Gasteiger partial charge in [0.2, 0.25) is 0 Å². The van der Waals surface area contributed by atoms with Gasteiger partial charge in [-0.3, -0.25) is 4.68 Å². The van der Waals surface area contributed by atoms with E-state index in [0.717, 1.165) is 25.1 Å². The van der Waals surface area contributed by atoms with Gasteiger partial charge >= 0.3 is 0 Å². The van der Waals surface area contributed by atoms with Gasteiger partial charge in [-0.2, -0.15) is 5.10 Å². The number of rotatable bonds is 5. The maximum Gasteiger partial charge on any atom is 0.0624 e. The van der Waals surface area contributed by atoms with Gasteiger partial charge in [-0.15, -0.1) is 0 Å². The molecule has 1 N–H and O–H groups in total. The van der Waals surface area contributed by atoms with Crippen molar-refractivity contribution in [1.82, 2.24) is 9.78 Å². The van der Waals surface area contributed by atoms with Crippen LogP contribution in [0, 0.1) is 5.92 Å². The number of aliphatic hydroxyl groups is 1. The quantitative estimate of drug-likeness (QED) is 0.828. The number of hydrogen-bond acceptors (Lipinski definition) is 2. The van der Waals surface area contributed by atoms with E-state index in [4.69, 9.17) is 0 Å². The molecule has 0 amide bonds. The van der Waals surface area contributed by atoms with Crippen LogP contribution in [0.1, 0.15) is 63.8 Å². The third-order valence-electron chi connectivity index (χ3n) is 4.44. The molecule has 1 saturated carbocycles. The third kappa shape index (κ3) is 3.82. The van der Waals surface area contributed by atoms with Gasteiger partial charge in [0, 0.05) is 18.7 Å². The van der Waals surface area contributed by atoms with Gasteiger partial charge in [-0.05, 0) is 38.2 Å². The number of hydrogen-bond donors (Lipinski definition) is 1. The maximum absolute atomic E-state index is 10.5. The molecule has 1 fully saturated rings. The third-order valence-corrected chi connectivity index (χ3v) is 4.44. The van der Waals surface area contributed by atoms with E-state index in [2.05, 4.69) is 29.7 Å². The lowest BCUT2D eigenvalue weighted by molar-refractivity contribution is 0.0966. The van der Waals surface area contributed by atoms with Crippen molar-refractivity contribution in [2.75, 3.05) is 0 Å². The molecular formula is C16H28N2O. The lowest BCUT2D eigenvalue weighted by Gasteiger charge is -2.21. The lowest BCUT2D eigenvalue weighted by atomic mass is 9.91. The summed E-state index contributed by atoms with van der Waals surface area (Å²) in [5, 5.41) is 15.1. The van der Waals surface area contributed by atoms with Crippen LogP contribution in [-0.4, -0.2) is 21.0 Å². The van der Waals surface area contributed by atoms with Crippen molar-refractivity contribution < 1.29 is 5.11 Å². The lowest BCUT2D eigenvalue weighted by Crippen LogP contribution is -2.24. The average Bonchev–Trinajstić information content (AvgIpc) is 2.64. The van der Waals surface area contributed by atoms with Gasteiger partial charge in [-0.1, -0.05) is 32.6 Å². The Bertz CT molecular complexity index is 378. The fraction of sp³-hybridized carbons (Fsp3) is 0.812. The summed E-state index contributed by atoms with van der Waals surface area (Å²) in [6.07, 6.45) is 9.20. The Morgan fingerprint density at radius 2 is 1.95 bits per heavy atom. The Hall–Kier alpha value is -0.830. The topological polar surface area (TPSA) is 38.0 Å². The molecule has 1 aliphatic rings. The van der Waals surface area contributed by atoms with Crippen molar-refractivity contribution in [3.8, 4) is 0 Å². The van der Waals surface area contributed by atoms with Crippen molar-refractivity contribution in [2.45, 2.75) is 77.9 Å². The molecule has 0 aliphatic heterocycles. The predicted molar refractivity (Wildman–Crippen MR) is 78.2 cm³/mol. The number of aliphatic hydroxyl groups excluding tert-OH is 1. The molecule has 1 atom stereocenters. The Morgan fingerprint density at radius 1 is 1.26 bits per heavy atom. The van der Waals surface area contributed by atoms with Crippen LogP contribution >= 0.6 is 0 Å². The SMILES string of the molecule is CCc1cc(CC(O)C2CCCCCC2)n(CC)n1. The second-order valence-electron chi connectivity index (χ2n) is 5.82. The summed E-state index contributed by atoms with van der Waals surface area (Å²) < 4.78 is 2.05. The predicted octanol–water partition coefficient (Wildman–Crippen LogP) is 3.34. The van der Waals surface area contributed by atoms with Gasteiger partial charge in [0.25, 0.3) is 0 Å². The van der Waals surface area contributed by atoms with E-state index in [-0.39, 0.29) is 6.10 Å². The average molecular weight is 264 g/mol. The molecule has 0 radical (unpaired) electrons. The number of aryl methyl sites for hydroxylation is 2. The molecule has 1 aromatic heterocycles. The highest BCUT2D eigenvalue weighted by Gasteiger charge is 2.22. The number of nitrogens with zero attached hydrogens (tertiary/aromatic N) is 2. The molecule has 0 bridgehead atoms. The number of aromatic nitrogens is 2. The van der Waals surface area contributed by atoms with Gasteiger partial charge < -0.3 is 5.11 Å². The van der Waals surface area contributed by atoms with Gasteiger partial charge in [-0.25, -0.2) is 0 Å². The second kappa shape index (κ2) is 7.09. The van der Waals surface area contributed by atoms with Crippen LogP contribution in [0.2, 0.25) is 0 Å². The highest BCUT2D eigenvalue weighted by atomic mass is 16.3. The Kier molecular flexibility index (Phi) is 5.44. The highest BCUT2D eigenvalue weighted by Crippen LogP contribution is 2.27. The summed E-state index contributed by atoms with van der Waals surface area (Å²) in [6, 6.07) is 2.17. The smallest absolute Gasteiger partial charge is 0.0624 e. The zero-order valence-corrected chi connectivity index (χ0v) is 12.4. The highest BCUT2D eigenvalue weighted by molar-refractivity contribution is 5.11.